The molecule has 0 saturated carbocycles. The average molecular weight is 452 g/mol. The van der Waals surface area contributed by atoms with Crippen LogP contribution >= 0.6 is 0 Å². The number of carbonyl (C=O) groups is 1. The number of ether oxygens (including phenoxy) is 4. The number of hydrogen-bond donors (Lipinski definition) is 2. The predicted octanol–water partition coefficient (Wildman–Crippen LogP) is 3.12. The van der Waals surface area contributed by atoms with Gasteiger partial charge < -0.3 is 29.7 Å². The number of nitrogens with one attached hydrogen (secondary N) is 2. The molecule has 1 amide bonds. The fourth-order valence-corrected chi connectivity index (χ4v) is 4.40. The lowest BCUT2D eigenvalue weighted by atomic mass is 9.95. The van der Waals surface area contributed by atoms with Crippen LogP contribution in [0.15, 0.2) is 41.5 Å². The minimum atomic E-state index is -0.304. The summed E-state index contributed by atoms with van der Waals surface area (Å²) in [4.78, 5) is 13.2. The quantitative estimate of drug-likeness (QED) is 0.672. The van der Waals surface area contributed by atoms with E-state index in [1.165, 1.54) is 0 Å². The van der Waals surface area contributed by atoms with Crippen molar-refractivity contribution in [2.45, 2.75) is 31.3 Å². The van der Waals surface area contributed by atoms with Gasteiger partial charge in [0.25, 0.3) is 0 Å². The van der Waals surface area contributed by atoms with E-state index in [9.17, 15) is 4.79 Å². The summed E-state index contributed by atoms with van der Waals surface area (Å²) in [5.41, 5.74) is 5.70. The lowest BCUT2D eigenvalue weighted by Crippen LogP contribution is -2.32. The molecule has 3 aliphatic heterocycles. The van der Waals surface area contributed by atoms with E-state index in [-0.39, 0.29) is 23.8 Å². The molecule has 5 rings (SSSR count). The van der Waals surface area contributed by atoms with E-state index in [0.29, 0.717) is 31.1 Å². The van der Waals surface area contributed by atoms with E-state index in [0.717, 1.165) is 48.6 Å². The molecule has 0 aliphatic carbocycles. The Balaban J connectivity index is 1.31. The van der Waals surface area contributed by atoms with Crippen molar-refractivity contribution in [3.05, 3.63) is 47.5 Å². The summed E-state index contributed by atoms with van der Waals surface area (Å²) >= 11 is 0. The summed E-state index contributed by atoms with van der Waals surface area (Å²) in [6.45, 7) is 2.32. The molecule has 0 bridgehead atoms. The van der Waals surface area contributed by atoms with Gasteiger partial charge in [-0.25, -0.2) is 0 Å². The highest BCUT2D eigenvalue weighted by Crippen LogP contribution is 2.33. The molecule has 0 radical (unpaired) electrons. The van der Waals surface area contributed by atoms with Crippen LogP contribution in [0.2, 0.25) is 0 Å². The van der Waals surface area contributed by atoms with Crippen molar-refractivity contribution >= 4 is 17.8 Å². The van der Waals surface area contributed by atoms with Crippen LogP contribution in [0.4, 0.5) is 5.69 Å². The molecule has 174 valence electrons. The summed E-state index contributed by atoms with van der Waals surface area (Å²) in [6.07, 6.45) is 4.61. The first kappa shape index (κ1) is 21.6. The summed E-state index contributed by atoms with van der Waals surface area (Å²) in [6, 6.07) is 11.6. The van der Waals surface area contributed by atoms with E-state index in [2.05, 4.69) is 15.8 Å². The Morgan fingerprint density at radius 1 is 1.27 bits per heavy atom. The Labute approximate surface area is 193 Å². The summed E-state index contributed by atoms with van der Waals surface area (Å²) in [5.74, 6) is 1.98. The SMILES string of the molecule is COc1ccc2c(c1)CC(C(=O)Nc1ccc(C3C=NNC3)cc1OCC1CCCO1)CO2. The third-order valence-electron chi connectivity index (χ3n) is 6.34. The Morgan fingerprint density at radius 2 is 2.21 bits per heavy atom. The number of hydrogen-bond acceptors (Lipinski definition) is 7. The molecule has 3 heterocycles. The number of nitrogens with zero attached hydrogens (tertiary/aromatic N) is 1. The van der Waals surface area contributed by atoms with Crippen LogP contribution in [0.3, 0.4) is 0 Å². The van der Waals surface area contributed by atoms with Gasteiger partial charge in [-0.2, -0.15) is 5.10 Å². The zero-order valence-electron chi connectivity index (χ0n) is 18.7. The molecule has 8 heteroatoms. The number of fused-ring (bicyclic) bond motifs is 1. The predicted molar refractivity (Wildman–Crippen MR) is 124 cm³/mol. The molecular formula is C25H29N3O5. The first-order chi connectivity index (χ1) is 16.2. The molecule has 2 aromatic rings. The van der Waals surface area contributed by atoms with E-state index in [1.807, 2.05) is 42.6 Å². The molecule has 33 heavy (non-hydrogen) atoms. The van der Waals surface area contributed by atoms with E-state index < -0.39 is 0 Å². The van der Waals surface area contributed by atoms with E-state index >= 15 is 0 Å². The third-order valence-corrected chi connectivity index (χ3v) is 6.34. The van der Waals surface area contributed by atoms with Crippen LogP contribution < -0.4 is 25.0 Å². The van der Waals surface area contributed by atoms with Crippen LogP contribution in [0.5, 0.6) is 17.2 Å². The van der Waals surface area contributed by atoms with Crippen molar-refractivity contribution in [1.82, 2.24) is 5.43 Å². The first-order valence-corrected chi connectivity index (χ1v) is 11.4. The standard InChI is InChI=1S/C25H29N3O5/c1-30-20-5-7-23-17(10-20)9-18(14-32-23)25(29)28-22-6-4-16(19-12-26-27-13-19)11-24(22)33-15-21-3-2-8-31-21/h4-7,10-12,18-19,21,27H,2-3,8-9,13-15H2,1H3,(H,28,29). The maximum atomic E-state index is 13.2. The highest BCUT2D eigenvalue weighted by Gasteiger charge is 2.28. The summed E-state index contributed by atoms with van der Waals surface area (Å²) in [7, 11) is 1.63. The number of benzene rings is 2. The van der Waals surface area contributed by atoms with Crippen molar-refractivity contribution in [2.24, 2.45) is 11.0 Å². The Kier molecular flexibility index (Phi) is 6.35. The molecule has 3 aliphatic rings. The largest absolute Gasteiger partial charge is 0.497 e. The van der Waals surface area contributed by atoms with Crippen LogP contribution in [0.25, 0.3) is 0 Å². The van der Waals surface area contributed by atoms with Gasteiger partial charge in [-0.1, -0.05) is 6.07 Å². The van der Waals surface area contributed by atoms with Gasteiger partial charge in [0.15, 0.2) is 0 Å². The molecule has 2 aromatic carbocycles. The summed E-state index contributed by atoms with van der Waals surface area (Å²) < 4.78 is 23.0. The molecule has 3 atom stereocenters. The fourth-order valence-electron chi connectivity index (χ4n) is 4.40. The smallest absolute Gasteiger partial charge is 0.231 e. The molecule has 3 unspecified atom stereocenters. The average Bonchev–Trinajstić information content (AvgIpc) is 3.57. The second-order valence-corrected chi connectivity index (χ2v) is 8.62. The van der Waals surface area contributed by atoms with Crippen molar-refractivity contribution in [2.75, 3.05) is 38.8 Å². The van der Waals surface area contributed by atoms with Crippen LogP contribution in [0, 0.1) is 5.92 Å². The van der Waals surface area contributed by atoms with Gasteiger partial charge in [0, 0.05) is 25.3 Å². The van der Waals surface area contributed by atoms with Crippen molar-refractivity contribution < 1.29 is 23.7 Å². The number of rotatable bonds is 7. The first-order valence-electron chi connectivity index (χ1n) is 11.4. The Hall–Kier alpha value is -3.26. The maximum Gasteiger partial charge on any atom is 0.231 e. The van der Waals surface area contributed by atoms with Gasteiger partial charge in [0.05, 0.1) is 24.8 Å². The zero-order chi connectivity index (χ0) is 22.6. The van der Waals surface area contributed by atoms with Crippen molar-refractivity contribution in [1.29, 1.82) is 0 Å². The van der Waals surface area contributed by atoms with Gasteiger partial charge in [-0.3, -0.25) is 4.79 Å². The highest BCUT2D eigenvalue weighted by molar-refractivity contribution is 5.94. The minimum Gasteiger partial charge on any atom is -0.497 e. The monoisotopic (exact) mass is 451 g/mol. The molecule has 1 saturated heterocycles. The van der Waals surface area contributed by atoms with Gasteiger partial charge in [0.1, 0.15) is 30.5 Å². The van der Waals surface area contributed by atoms with Gasteiger partial charge in [0.2, 0.25) is 5.91 Å². The molecule has 1 fully saturated rings. The highest BCUT2D eigenvalue weighted by atomic mass is 16.5. The van der Waals surface area contributed by atoms with E-state index in [4.69, 9.17) is 18.9 Å². The van der Waals surface area contributed by atoms with Crippen LogP contribution in [-0.4, -0.2) is 51.7 Å². The number of amides is 1. The second-order valence-electron chi connectivity index (χ2n) is 8.62. The number of carbonyl (C=O) groups excluding carboxylic acids is 1. The third kappa shape index (κ3) is 4.90. The lowest BCUT2D eigenvalue weighted by Gasteiger charge is -2.25. The number of hydrazone groups is 1. The van der Waals surface area contributed by atoms with Gasteiger partial charge >= 0.3 is 0 Å². The second kappa shape index (κ2) is 9.70. The van der Waals surface area contributed by atoms with Gasteiger partial charge in [-0.05, 0) is 60.7 Å². The van der Waals surface area contributed by atoms with Gasteiger partial charge in [-0.15, -0.1) is 0 Å². The van der Waals surface area contributed by atoms with Crippen molar-refractivity contribution in [3.63, 3.8) is 0 Å². The van der Waals surface area contributed by atoms with E-state index in [1.54, 1.807) is 7.11 Å². The molecule has 8 nitrogen and oxygen atoms in total. The Morgan fingerprint density at radius 3 is 3.00 bits per heavy atom. The number of anilines is 1. The fraction of sp³-hybridized carbons (Fsp3) is 0.440. The van der Waals surface area contributed by atoms with Crippen LogP contribution in [0.1, 0.15) is 29.9 Å². The normalized spacial score (nSPS) is 23.4. The molecule has 2 N–H and O–H groups in total. The molecule has 0 aromatic heterocycles. The number of methoxy groups -OCH3 is 1. The van der Waals surface area contributed by atoms with Crippen LogP contribution in [-0.2, 0) is 16.0 Å². The molecular weight excluding hydrogens is 422 g/mol. The minimum absolute atomic E-state index is 0.0881. The molecule has 0 spiro atoms. The lowest BCUT2D eigenvalue weighted by molar-refractivity contribution is -0.121. The topological polar surface area (TPSA) is 90.4 Å². The summed E-state index contributed by atoms with van der Waals surface area (Å²) in [5, 5.41) is 7.18. The maximum absolute atomic E-state index is 13.2. The van der Waals surface area contributed by atoms with Crippen molar-refractivity contribution in [3.8, 4) is 17.2 Å². The Bertz CT molecular complexity index is 1030. The zero-order valence-corrected chi connectivity index (χ0v) is 18.7.